The minimum atomic E-state index is -4.91. The highest BCUT2D eigenvalue weighted by atomic mass is 19.4. The topological polar surface area (TPSA) is 9.23 Å². The Morgan fingerprint density at radius 3 is 2.29 bits per heavy atom. The molecule has 0 N–H and O–H groups in total. The van der Waals surface area contributed by atoms with Gasteiger partial charge in [0.1, 0.15) is 0 Å². The monoisotopic (exact) mass is 338 g/mol. The van der Waals surface area contributed by atoms with Gasteiger partial charge in [0.15, 0.2) is 11.6 Å². The van der Waals surface area contributed by atoms with Gasteiger partial charge in [-0.3, -0.25) is 0 Å². The summed E-state index contributed by atoms with van der Waals surface area (Å²) in [6.07, 6.45) is -0.975. The molecule has 0 saturated heterocycles. The second-order valence-electron chi connectivity index (χ2n) is 5.51. The Labute approximate surface area is 138 Å². The summed E-state index contributed by atoms with van der Waals surface area (Å²) in [6, 6.07) is 11.4. The molecule has 2 rings (SSSR count). The van der Waals surface area contributed by atoms with E-state index in [9.17, 15) is 17.6 Å². The number of ether oxygens (including phenoxy) is 1. The third-order valence-electron chi connectivity index (χ3n) is 3.51. The maximum Gasteiger partial charge on any atom is 0.573 e. The molecule has 0 atom stereocenters. The van der Waals surface area contributed by atoms with E-state index in [0.717, 1.165) is 36.1 Å². The SMILES string of the molecule is CCCc1ccc(C=C(C)c2ccc(OC(F)(F)F)c(F)c2)cc1. The quantitative estimate of drug-likeness (QED) is 0.463. The Morgan fingerprint density at radius 2 is 1.75 bits per heavy atom. The largest absolute Gasteiger partial charge is 0.573 e. The van der Waals surface area contributed by atoms with Crippen molar-refractivity contribution in [1.82, 2.24) is 0 Å². The number of aryl methyl sites for hydroxylation is 1. The zero-order valence-electron chi connectivity index (χ0n) is 13.5. The predicted octanol–water partition coefficient (Wildman–Crippen LogP) is 6.24. The highest BCUT2D eigenvalue weighted by Crippen LogP contribution is 2.28. The molecule has 0 aliphatic carbocycles. The van der Waals surface area contributed by atoms with Crippen LogP contribution in [0.15, 0.2) is 42.5 Å². The molecule has 5 heteroatoms. The molecule has 128 valence electrons. The molecular weight excluding hydrogens is 320 g/mol. The summed E-state index contributed by atoms with van der Waals surface area (Å²) < 4.78 is 53.9. The van der Waals surface area contributed by atoms with Crippen molar-refractivity contribution in [1.29, 1.82) is 0 Å². The van der Waals surface area contributed by atoms with E-state index in [1.807, 2.05) is 30.3 Å². The molecule has 0 fully saturated rings. The second kappa shape index (κ2) is 7.51. The van der Waals surface area contributed by atoms with Crippen LogP contribution in [0.3, 0.4) is 0 Å². The third-order valence-corrected chi connectivity index (χ3v) is 3.51. The summed E-state index contributed by atoms with van der Waals surface area (Å²) >= 11 is 0. The van der Waals surface area contributed by atoms with E-state index in [0.29, 0.717) is 5.56 Å². The first-order valence-corrected chi connectivity index (χ1v) is 7.61. The van der Waals surface area contributed by atoms with E-state index in [4.69, 9.17) is 0 Å². The van der Waals surface area contributed by atoms with E-state index in [1.165, 1.54) is 11.6 Å². The van der Waals surface area contributed by atoms with E-state index in [1.54, 1.807) is 6.92 Å². The van der Waals surface area contributed by atoms with Crippen LogP contribution in [0.2, 0.25) is 0 Å². The molecule has 0 amide bonds. The third kappa shape index (κ3) is 5.11. The first kappa shape index (κ1) is 18.0. The van der Waals surface area contributed by atoms with Crippen LogP contribution in [0.1, 0.15) is 37.0 Å². The van der Waals surface area contributed by atoms with Gasteiger partial charge in [-0.1, -0.05) is 49.8 Å². The molecule has 2 aromatic rings. The van der Waals surface area contributed by atoms with Crippen molar-refractivity contribution in [2.75, 3.05) is 0 Å². The van der Waals surface area contributed by atoms with Crippen LogP contribution in [-0.2, 0) is 6.42 Å². The zero-order chi connectivity index (χ0) is 17.7. The maximum absolute atomic E-state index is 13.8. The van der Waals surface area contributed by atoms with Crippen LogP contribution >= 0.6 is 0 Å². The molecule has 2 aromatic carbocycles. The molecule has 0 aliphatic heterocycles. The molecule has 0 unspecified atom stereocenters. The molecule has 0 aliphatic rings. The van der Waals surface area contributed by atoms with Gasteiger partial charge in [-0.2, -0.15) is 0 Å². The average molecular weight is 338 g/mol. The van der Waals surface area contributed by atoms with Gasteiger partial charge >= 0.3 is 6.36 Å². The molecule has 0 aromatic heterocycles. The van der Waals surface area contributed by atoms with Crippen molar-refractivity contribution in [2.24, 2.45) is 0 Å². The van der Waals surface area contributed by atoms with Crippen LogP contribution in [0, 0.1) is 5.82 Å². The first-order valence-electron chi connectivity index (χ1n) is 7.61. The van der Waals surface area contributed by atoms with Crippen LogP contribution in [-0.4, -0.2) is 6.36 Å². The number of benzene rings is 2. The number of hydrogen-bond acceptors (Lipinski definition) is 1. The van der Waals surface area contributed by atoms with Crippen molar-refractivity contribution >= 4 is 11.6 Å². The van der Waals surface area contributed by atoms with Gasteiger partial charge in [0.25, 0.3) is 0 Å². The summed E-state index contributed by atoms with van der Waals surface area (Å²) in [6.45, 7) is 3.89. The number of rotatable bonds is 5. The Kier molecular flexibility index (Phi) is 5.65. The van der Waals surface area contributed by atoms with Crippen LogP contribution in [0.5, 0.6) is 5.75 Å². The molecule has 0 radical (unpaired) electrons. The first-order chi connectivity index (χ1) is 11.3. The van der Waals surface area contributed by atoms with Crippen molar-refractivity contribution in [2.45, 2.75) is 33.1 Å². The lowest BCUT2D eigenvalue weighted by Crippen LogP contribution is -2.17. The molecule has 0 bridgehead atoms. The molecule has 0 saturated carbocycles. The Bertz CT molecular complexity index is 715. The van der Waals surface area contributed by atoms with E-state index in [-0.39, 0.29) is 0 Å². The van der Waals surface area contributed by atoms with Crippen molar-refractivity contribution < 1.29 is 22.3 Å². The van der Waals surface area contributed by atoms with Crippen molar-refractivity contribution in [3.8, 4) is 5.75 Å². The summed E-state index contributed by atoms with van der Waals surface area (Å²) in [5.74, 6) is -1.88. The van der Waals surface area contributed by atoms with Crippen LogP contribution in [0.25, 0.3) is 11.6 Å². The zero-order valence-corrected chi connectivity index (χ0v) is 13.5. The number of allylic oxidation sites excluding steroid dienone is 1. The fourth-order valence-corrected chi connectivity index (χ4v) is 2.36. The van der Waals surface area contributed by atoms with Crippen LogP contribution in [0.4, 0.5) is 17.6 Å². The Hall–Kier alpha value is -2.30. The van der Waals surface area contributed by atoms with Crippen LogP contribution < -0.4 is 4.74 Å². The number of halogens is 4. The van der Waals surface area contributed by atoms with E-state index >= 15 is 0 Å². The number of hydrogen-bond donors (Lipinski definition) is 0. The van der Waals surface area contributed by atoms with Gasteiger partial charge in [-0.25, -0.2) is 4.39 Å². The molecule has 0 spiro atoms. The maximum atomic E-state index is 13.8. The van der Waals surface area contributed by atoms with Gasteiger partial charge in [-0.15, -0.1) is 13.2 Å². The lowest BCUT2D eigenvalue weighted by Gasteiger charge is -2.11. The Morgan fingerprint density at radius 1 is 1.08 bits per heavy atom. The normalized spacial score (nSPS) is 12.3. The van der Waals surface area contributed by atoms with E-state index in [2.05, 4.69) is 11.7 Å². The fraction of sp³-hybridized carbons (Fsp3) is 0.263. The molecule has 1 nitrogen and oxygen atoms in total. The average Bonchev–Trinajstić information content (AvgIpc) is 2.50. The summed E-state index contributed by atoms with van der Waals surface area (Å²) in [5, 5.41) is 0. The van der Waals surface area contributed by atoms with Gasteiger partial charge in [0.2, 0.25) is 0 Å². The van der Waals surface area contributed by atoms with Gasteiger partial charge in [0.05, 0.1) is 0 Å². The molecule has 0 heterocycles. The standard InChI is InChI=1S/C19H18F4O/c1-3-4-14-5-7-15(8-6-14)11-13(2)16-9-10-18(17(20)12-16)24-19(21,22)23/h5-12H,3-4H2,1-2H3. The molecular formula is C19H18F4O. The fourth-order valence-electron chi connectivity index (χ4n) is 2.36. The highest BCUT2D eigenvalue weighted by molar-refractivity contribution is 5.80. The lowest BCUT2D eigenvalue weighted by atomic mass is 10.0. The van der Waals surface area contributed by atoms with Gasteiger partial charge < -0.3 is 4.74 Å². The minimum absolute atomic E-state index is 0.500. The second-order valence-corrected chi connectivity index (χ2v) is 5.51. The van der Waals surface area contributed by atoms with E-state index < -0.39 is 17.9 Å². The number of alkyl halides is 3. The predicted molar refractivity (Wildman–Crippen MR) is 87.1 cm³/mol. The van der Waals surface area contributed by atoms with Gasteiger partial charge in [0, 0.05) is 0 Å². The Balaban J connectivity index is 2.19. The summed E-state index contributed by atoms with van der Waals surface area (Å²) in [4.78, 5) is 0. The smallest absolute Gasteiger partial charge is 0.403 e. The lowest BCUT2D eigenvalue weighted by molar-refractivity contribution is -0.275. The minimum Gasteiger partial charge on any atom is -0.403 e. The highest BCUT2D eigenvalue weighted by Gasteiger charge is 2.32. The van der Waals surface area contributed by atoms with Crippen molar-refractivity contribution in [3.63, 3.8) is 0 Å². The summed E-state index contributed by atoms with van der Waals surface area (Å²) in [7, 11) is 0. The van der Waals surface area contributed by atoms with Gasteiger partial charge in [-0.05, 0) is 47.7 Å². The summed E-state index contributed by atoms with van der Waals surface area (Å²) in [5.41, 5.74) is 3.44. The van der Waals surface area contributed by atoms with Crippen molar-refractivity contribution in [3.05, 3.63) is 65.0 Å². The molecule has 24 heavy (non-hydrogen) atoms.